The van der Waals surface area contributed by atoms with Crippen LogP contribution >= 0.6 is 11.6 Å². The molecule has 0 atom stereocenters. The number of halogens is 5. The highest BCUT2D eigenvalue weighted by Gasteiger charge is 2.35. The molecule has 0 saturated heterocycles. The predicted molar refractivity (Wildman–Crippen MR) is 102 cm³/mol. The van der Waals surface area contributed by atoms with Crippen LogP contribution in [0.1, 0.15) is 35.3 Å². The molecule has 3 aromatic rings. The highest BCUT2D eigenvalue weighted by atomic mass is 35.5. The summed E-state index contributed by atoms with van der Waals surface area (Å²) in [7, 11) is 0. The molecule has 0 amide bonds. The zero-order valence-corrected chi connectivity index (χ0v) is 16.1. The molecule has 0 radical (unpaired) electrons. The normalized spacial score (nSPS) is 13.9. The standard InChI is InChI=1S/C19H18ClF4N5/c1-11(2)29-10-15(19(22,23)24)26-16(29)13-6-4-12(5-7-13)9-28(3)17-14(21)8-25-18(20)27-17/h4-8,10-11H,9H2,1-3H3/i3D3. The van der Waals surface area contributed by atoms with E-state index >= 15 is 0 Å². The molecule has 2 heterocycles. The van der Waals surface area contributed by atoms with Crippen molar-refractivity contribution in [3.05, 3.63) is 59.0 Å². The minimum absolute atomic E-state index is 0.125. The average Bonchev–Trinajstić information content (AvgIpc) is 3.14. The van der Waals surface area contributed by atoms with Crippen LogP contribution in [-0.4, -0.2) is 26.5 Å². The number of nitrogens with zero attached hydrogens (tertiary/aromatic N) is 5. The number of aromatic nitrogens is 4. The van der Waals surface area contributed by atoms with Gasteiger partial charge in [0.1, 0.15) is 5.82 Å². The number of alkyl halides is 3. The second-order valence-corrected chi connectivity index (χ2v) is 6.88. The van der Waals surface area contributed by atoms with E-state index in [1.54, 1.807) is 13.8 Å². The topological polar surface area (TPSA) is 46.8 Å². The molecule has 0 aliphatic heterocycles. The Labute approximate surface area is 174 Å². The van der Waals surface area contributed by atoms with Gasteiger partial charge in [-0.3, -0.25) is 0 Å². The van der Waals surface area contributed by atoms with Gasteiger partial charge in [-0.05, 0) is 31.0 Å². The largest absolute Gasteiger partial charge is 0.434 e. The van der Waals surface area contributed by atoms with Gasteiger partial charge in [0.05, 0.1) is 6.20 Å². The van der Waals surface area contributed by atoms with Crippen molar-refractivity contribution in [1.82, 2.24) is 19.5 Å². The molecular formula is C19H18ClF4N5. The molecule has 2 aromatic heterocycles. The van der Waals surface area contributed by atoms with E-state index in [1.165, 1.54) is 28.8 Å². The molecule has 0 fully saturated rings. The molecule has 5 nitrogen and oxygen atoms in total. The summed E-state index contributed by atoms with van der Waals surface area (Å²) in [6.45, 7) is 0.463. The lowest BCUT2D eigenvalue weighted by Crippen LogP contribution is -2.19. The van der Waals surface area contributed by atoms with E-state index in [0.29, 0.717) is 11.1 Å². The average molecular weight is 431 g/mol. The fourth-order valence-corrected chi connectivity index (χ4v) is 2.81. The zero-order chi connectivity index (χ0) is 23.8. The van der Waals surface area contributed by atoms with E-state index in [-0.39, 0.29) is 23.7 Å². The summed E-state index contributed by atoms with van der Waals surface area (Å²) in [4.78, 5) is 11.6. The number of hydrogen-bond acceptors (Lipinski definition) is 4. The van der Waals surface area contributed by atoms with Crippen LogP contribution in [0.3, 0.4) is 0 Å². The first-order valence-electron chi connectivity index (χ1n) is 9.98. The van der Waals surface area contributed by atoms with Crippen molar-refractivity contribution in [3.63, 3.8) is 0 Å². The van der Waals surface area contributed by atoms with Gasteiger partial charge in [-0.2, -0.15) is 18.2 Å². The Morgan fingerprint density at radius 2 is 1.90 bits per heavy atom. The third-order valence-electron chi connectivity index (χ3n) is 4.08. The van der Waals surface area contributed by atoms with Crippen molar-refractivity contribution >= 4 is 17.4 Å². The smallest absolute Gasteiger partial charge is 0.353 e. The Morgan fingerprint density at radius 1 is 1.21 bits per heavy atom. The lowest BCUT2D eigenvalue weighted by Gasteiger charge is -2.19. The Hall–Kier alpha value is -2.68. The van der Waals surface area contributed by atoms with Crippen LogP contribution in [0.25, 0.3) is 11.4 Å². The van der Waals surface area contributed by atoms with Crippen LogP contribution in [0.4, 0.5) is 23.4 Å². The van der Waals surface area contributed by atoms with Gasteiger partial charge >= 0.3 is 6.18 Å². The van der Waals surface area contributed by atoms with Gasteiger partial charge in [0.15, 0.2) is 17.3 Å². The summed E-state index contributed by atoms with van der Waals surface area (Å²) < 4.78 is 78.1. The van der Waals surface area contributed by atoms with Gasteiger partial charge in [0.2, 0.25) is 5.28 Å². The van der Waals surface area contributed by atoms with Crippen molar-refractivity contribution in [2.24, 2.45) is 0 Å². The summed E-state index contributed by atoms with van der Waals surface area (Å²) in [6.07, 6.45) is -2.86. The van der Waals surface area contributed by atoms with Crippen LogP contribution in [0.5, 0.6) is 0 Å². The molecule has 0 aliphatic rings. The first-order chi connectivity index (χ1) is 14.8. The molecule has 10 heteroatoms. The van der Waals surface area contributed by atoms with Gasteiger partial charge in [-0.15, -0.1) is 0 Å². The number of hydrogen-bond donors (Lipinski definition) is 0. The van der Waals surface area contributed by atoms with Crippen molar-refractivity contribution in [2.45, 2.75) is 32.6 Å². The first-order valence-corrected chi connectivity index (χ1v) is 8.86. The monoisotopic (exact) mass is 430 g/mol. The molecule has 3 rings (SSSR count). The summed E-state index contributed by atoms with van der Waals surface area (Å²) in [5.41, 5.74) is -0.137. The summed E-state index contributed by atoms with van der Waals surface area (Å²) in [5, 5.41) is -0.313. The Kier molecular flexibility index (Phi) is 4.73. The van der Waals surface area contributed by atoms with Gasteiger partial charge in [-0.25, -0.2) is 14.4 Å². The quantitative estimate of drug-likeness (QED) is 0.403. The van der Waals surface area contributed by atoms with Crippen LogP contribution in [0.2, 0.25) is 5.28 Å². The van der Waals surface area contributed by atoms with E-state index < -0.39 is 30.5 Å². The summed E-state index contributed by atoms with van der Waals surface area (Å²) >= 11 is 5.69. The van der Waals surface area contributed by atoms with Crippen molar-refractivity contribution in [3.8, 4) is 11.4 Å². The second-order valence-electron chi connectivity index (χ2n) is 6.54. The van der Waals surface area contributed by atoms with Crippen LogP contribution in [-0.2, 0) is 12.7 Å². The van der Waals surface area contributed by atoms with Crippen LogP contribution in [0.15, 0.2) is 36.7 Å². The van der Waals surface area contributed by atoms with Crippen molar-refractivity contribution in [2.75, 3.05) is 11.9 Å². The maximum absolute atomic E-state index is 14.2. The van der Waals surface area contributed by atoms with Gasteiger partial charge in [0, 0.05) is 35.4 Å². The highest BCUT2D eigenvalue weighted by Crippen LogP contribution is 2.32. The van der Waals surface area contributed by atoms with E-state index in [0.717, 1.165) is 17.3 Å². The zero-order valence-electron chi connectivity index (χ0n) is 18.4. The Bertz CT molecular complexity index is 1100. The molecule has 0 unspecified atom stereocenters. The second kappa shape index (κ2) is 7.98. The number of anilines is 1. The fourth-order valence-electron chi connectivity index (χ4n) is 2.68. The fraction of sp³-hybridized carbons (Fsp3) is 0.316. The van der Waals surface area contributed by atoms with Crippen LogP contribution < -0.4 is 4.90 Å². The molecule has 0 aliphatic carbocycles. The van der Waals surface area contributed by atoms with E-state index in [2.05, 4.69) is 15.0 Å². The Morgan fingerprint density at radius 3 is 2.48 bits per heavy atom. The molecular weight excluding hydrogens is 410 g/mol. The lowest BCUT2D eigenvalue weighted by molar-refractivity contribution is -0.140. The van der Waals surface area contributed by atoms with Gasteiger partial charge in [0.25, 0.3) is 0 Å². The molecule has 0 saturated carbocycles. The maximum Gasteiger partial charge on any atom is 0.434 e. The number of imidazole rings is 1. The molecule has 0 bridgehead atoms. The molecule has 154 valence electrons. The minimum atomic E-state index is -4.59. The predicted octanol–water partition coefficient (Wildman–Crippen LogP) is 5.37. The van der Waals surface area contributed by atoms with Gasteiger partial charge in [-0.1, -0.05) is 24.3 Å². The first kappa shape index (κ1) is 17.2. The van der Waals surface area contributed by atoms with Crippen molar-refractivity contribution in [1.29, 1.82) is 0 Å². The van der Waals surface area contributed by atoms with E-state index in [4.69, 9.17) is 15.7 Å². The number of rotatable bonds is 5. The third-order valence-corrected chi connectivity index (χ3v) is 4.27. The summed E-state index contributed by atoms with van der Waals surface area (Å²) in [5.74, 6) is -1.32. The highest BCUT2D eigenvalue weighted by molar-refractivity contribution is 6.28. The third kappa shape index (κ3) is 4.67. The maximum atomic E-state index is 14.2. The van der Waals surface area contributed by atoms with E-state index in [1.807, 2.05) is 0 Å². The Balaban J connectivity index is 1.95. The van der Waals surface area contributed by atoms with Crippen LogP contribution in [0, 0.1) is 5.82 Å². The number of benzene rings is 1. The molecule has 0 N–H and O–H groups in total. The molecule has 29 heavy (non-hydrogen) atoms. The lowest BCUT2D eigenvalue weighted by atomic mass is 10.1. The minimum Gasteiger partial charge on any atom is -0.353 e. The SMILES string of the molecule is [2H]C([2H])([2H])N(Cc1ccc(-c2nc(C(F)(F)F)cn2C(C)C)cc1)c1nc(Cl)ncc1F. The van der Waals surface area contributed by atoms with E-state index in [9.17, 15) is 17.6 Å². The van der Waals surface area contributed by atoms with Crippen molar-refractivity contribution < 1.29 is 21.7 Å². The summed E-state index contributed by atoms with van der Waals surface area (Å²) in [6, 6.07) is 5.84. The van der Waals surface area contributed by atoms with Gasteiger partial charge < -0.3 is 9.47 Å². The molecule has 0 spiro atoms. The molecule has 1 aromatic carbocycles.